The minimum absolute atomic E-state index is 0.0859. The molecule has 0 unspecified atom stereocenters. The van der Waals surface area contributed by atoms with E-state index in [-0.39, 0.29) is 45.8 Å². The highest BCUT2D eigenvalue weighted by atomic mass is 16.8. The zero-order chi connectivity index (χ0) is 32.7. The Morgan fingerprint density at radius 1 is 0.933 bits per heavy atom. The zero-order valence-electron chi connectivity index (χ0n) is 24.6. The van der Waals surface area contributed by atoms with Crippen molar-refractivity contribution in [2.75, 3.05) is 6.61 Å². The molecule has 9 atom stereocenters. The molecule has 0 amide bonds. The third-order valence-corrected chi connectivity index (χ3v) is 7.79. The number of aliphatic hydroxyl groups excluding tert-OH is 5. The zero-order valence-corrected chi connectivity index (χ0v) is 24.6. The van der Waals surface area contributed by atoms with Crippen LogP contribution in [0.2, 0.25) is 0 Å². The van der Waals surface area contributed by atoms with Gasteiger partial charge in [-0.25, -0.2) is 0 Å². The summed E-state index contributed by atoms with van der Waals surface area (Å²) in [5.74, 6) is -1.72. The van der Waals surface area contributed by atoms with Crippen LogP contribution in [0.1, 0.15) is 26.3 Å². The third kappa shape index (κ3) is 6.36. The first-order chi connectivity index (χ1) is 21.3. The van der Waals surface area contributed by atoms with E-state index >= 15 is 0 Å². The Morgan fingerprint density at radius 2 is 1.62 bits per heavy atom. The van der Waals surface area contributed by atoms with E-state index in [9.17, 15) is 45.6 Å². The second-order valence-corrected chi connectivity index (χ2v) is 11.4. The second kappa shape index (κ2) is 12.9. The Labute approximate surface area is 256 Å². The van der Waals surface area contributed by atoms with Gasteiger partial charge in [0.2, 0.25) is 17.5 Å². The maximum Gasteiger partial charge on any atom is 0.239 e. The van der Waals surface area contributed by atoms with Gasteiger partial charge in [-0.3, -0.25) is 4.79 Å². The van der Waals surface area contributed by atoms with E-state index in [1.54, 1.807) is 6.08 Å². The molecule has 1 aromatic heterocycles. The summed E-state index contributed by atoms with van der Waals surface area (Å²) in [6.45, 7) is 4.70. The first kappa shape index (κ1) is 32.7. The van der Waals surface area contributed by atoms with Gasteiger partial charge >= 0.3 is 0 Å². The first-order valence-corrected chi connectivity index (χ1v) is 14.2. The summed E-state index contributed by atoms with van der Waals surface area (Å²) in [7, 11) is 0. The molecule has 5 rings (SSSR count). The molecule has 2 fully saturated rings. The number of hydrogen-bond acceptors (Lipinski definition) is 14. The minimum atomic E-state index is -1.76. The number of hydrogen-bond donors (Lipinski definition) is 8. The number of aromatic hydroxyl groups is 3. The van der Waals surface area contributed by atoms with Gasteiger partial charge in [0.15, 0.2) is 18.2 Å². The molecule has 2 aliphatic heterocycles. The number of allylic oxidation sites excluding steroid dienone is 2. The van der Waals surface area contributed by atoms with E-state index in [2.05, 4.69) is 0 Å². The van der Waals surface area contributed by atoms with Crippen LogP contribution in [0.3, 0.4) is 0 Å². The van der Waals surface area contributed by atoms with Crippen LogP contribution in [0.4, 0.5) is 0 Å². The summed E-state index contributed by atoms with van der Waals surface area (Å²) in [6, 6.07) is 6.53. The predicted octanol–water partition coefficient (Wildman–Crippen LogP) is 0.755. The number of ether oxygens (including phenoxy) is 4. The molecule has 2 aliphatic rings. The summed E-state index contributed by atoms with van der Waals surface area (Å²) in [4.78, 5) is 14.1. The lowest BCUT2D eigenvalue weighted by atomic mass is 9.99. The van der Waals surface area contributed by atoms with Gasteiger partial charge in [0.05, 0.1) is 12.7 Å². The summed E-state index contributed by atoms with van der Waals surface area (Å²) in [6.07, 6.45) is -12.1. The van der Waals surface area contributed by atoms with Crippen LogP contribution < -0.4 is 10.2 Å². The Kier molecular flexibility index (Phi) is 9.39. The fourth-order valence-corrected chi connectivity index (χ4v) is 5.19. The molecule has 0 radical (unpaired) electrons. The third-order valence-electron chi connectivity index (χ3n) is 7.79. The van der Waals surface area contributed by atoms with Gasteiger partial charge in [0.25, 0.3) is 0 Å². The lowest BCUT2D eigenvalue weighted by molar-refractivity contribution is -0.341. The molecule has 0 bridgehead atoms. The summed E-state index contributed by atoms with van der Waals surface area (Å²) >= 11 is 0. The lowest BCUT2D eigenvalue weighted by Gasteiger charge is -2.44. The van der Waals surface area contributed by atoms with Crippen molar-refractivity contribution in [1.82, 2.24) is 0 Å². The Bertz CT molecular complexity index is 1610. The van der Waals surface area contributed by atoms with Crippen LogP contribution in [-0.2, 0) is 20.6 Å². The molecule has 14 heteroatoms. The highest BCUT2D eigenvalue weighted by Crippen LogP contribution is 2.40. The highest BCUT2D eigenvalue weighted by molar-refractivity contribution is 5.91. The molecule has 3 aromatic rings. The molecule has 3 heterocycles. The van der Waals surface area contributed by atoms with E-state index in [0.29, 0.717) is 0 Å². The quantitative estimate of drug-likeness (QED) is 0.168. The molecule has 0 saturated carbocycles. The summed E-state index contributed by atoms with van der Waals surface area (Å²) in [5.41, 5.74) is 0.347. The number of phenols is 3. The van der Waals surface area contributed by atoms with Crippen molar-refractivity contribution >= 4 is 11.0 Å². The van der Waals surface area contributed by atoms with Crippen LogP contribution in [-0.4, -0.2) is 103 Å². The first-order valence-electron chi connectivity index (χ1n) is 14.2. The van der Waals surface area contributed by atoms with Gasteiger partial charge in [-0.15, -0.1) is 0 Å². The SMILES string of the molecule is CC(C)=CCc1c(O)cc(O)c2c(=O)c(O[C@H]3O[C@@H](C)[C@H](O)[C@@H](O)[C@H]3O[C@@H]3OC[C@@H](O)[C@H](O)[C@H]3O)c(-c3ccc(O)cc3)oc12. The van der Waals surface area contributed by atoms with Gasteiger partial charge in [0, 0.05) is 17.2 Å². The Morgan fingerprint density at radius 3 is 2.29 bits per heavy atom. The van der Waals surface area contributed by atoms with Gasteiger partial charge in [-0.05, 0) is 51.5 Å². The fraction of sp³-hybridized carbons (Fsp3) is 0.452. The molecule has 2 saturated heterocycles. The molecule has 2 aromatic carbocycles. The number of fused-ring (bicyclic) bond motifs is 1. The van der Waals surface area contributed by atoms with E-state index in [1.165, 1.54) is 31.2 Å². The van der Waals surface area contributed by atoms with Crippen molar-refractivity contribution in [2.45, 2.75) is 82.5 Å². The summed E-state index contributed by atoms with van der Waals surface area (Å²) < 4.78 is 29.0. The Balaban J connectivity index is 1.65. The van der Waals surface area contributed by atoms with Gasteiger partial charge < -0.3 is 64.2 Å². The van der Waals surface area contributed by atoms with Gasteiger partial charge in [0.1, 0.15) is 58.7 Å². The number of benzene rings is 2. The molecule has 0 spiro atoms. The Hall–Kier alpha value is -3.73. The fourth-order valence-electron chi connectivity index (χ4n) is 5.19. The summed E-state index contributed by atoms with van der Waals surface area (Å²) in [5, 5.41) is 82.9. The van der Waals surface area contributed by atoms with Crippen LogP contribution in [0.15, 0.2) is 51.2 Å². The van der Waals surface area contributed by atoms with Crippen LogP contribution in [0.5, 0.6) is 23.0 Å². The van der Waals surface area contributed by atoms with Crippen molar-refractivity contribution in [3.63, 3.8) is 0 Å². The van der Waals surface area contributed by atoms with E-state index < -0.39 is 78.8 Å². The number of aliphatic hydroxyl groups is 5. The normalized spacial score (nSPS) is 30.3. The van der Waals surface area contributed by atoms with Gasteiger partial charge in [-0.1, -0.05) is 11.6 Å². The lowest BCUT2D eigenvalue weighted by Crippen LogP contribution is -2.62. The largest absolute Gasteiger partial charge is 0.508 e. The van der Waals surface area contributed by atoms with Crippen LogP contribution in [0, 0.1) is 0 Å². The van der Waals surface area contributed by atoms with Crippen LogP contribution >= 0.6 is 0 Å². The smallest absolute Gasteiger partial charge is 0.239 e. The predicted molar refractivity (Wildman–Crippen MR) is 156 cm³/mol. The van der Waals surface area contributed by atoms with Crippen molar-refractivity contribution < 1.29 is 64.2 Å². The molecule has 244 valence electrons. The monoisotopic (exact) mass is 632 g/mol. The van der Waals surface area contributed by atoms with E-state index in [0.717, 1.165) is 11.6 Å². The molecule has 14 nitrogen and oxygen atoms in total. The average Bonchev–Trinajstić information content (AvgIpc) is 2.98. The van der Waals surface area contributed by atoms with Gasteiger partial charge in [-0.2, -0.15) is 0 Å². The van der Waals surface area contributed by atoms with E-state index in [4.69, 9.17) is 23.4 Å². The maximum atomic E-state index is 14.1. The molecule has 8 N–H and O–H groups in total. The average molecular weight is 633 g/mol. The van der Waals surface area contributed by atoms with E-state index in [1.807, 2.05) is 13.8 Å². The molecule has 45 heavy (non-hydrogen) atoms. The minimum Gasteiger partial charge on any atom is -0.508 e. The van der Waals surface area contributed by atoms with Crippen molar-refractivity contribution in [1.29, 1.82) is 0 Å². The highest BCUT2D eigenvalue weighted by Gasteiger charge is 2.49. The number of phenolic OH excluding ortho intramolecular Hbond substituents is 3. The van der Waals surface area contributed by atoms with Crippen molar-refractivity contribution in [3.8, 4) is 34.3 Å². The second-order valence-electron chi connectivity index (χ2n) is 11.4. The molecular formula is C31H36O14. The standard InChI is InChI=1S/C31H36O14/c1-12(2)4-9-16-17(33)10-18(34)20-23(38)28(26(43-27(16)20)14-5-7-15(32)8-6-14)44-31-29(24(39)21(36)13(3)42-31)45-30-25(40)22(37)19(35)11-41-30/h4-8,10,13,19,21-22,24-25,29-37,39-40H,9,11H2,1-3H3/t13-,19+,21-,22-,24+,25+,29+,30-,31+/m0/s1. The van der Waals surface area contributed by atoms with Crippen LogP contribution in [0.25, 0.3) is 22.3 Å². The molecule has 0 aliphatic carbocycles. The van der Waals surface area contributed by atoms with Crippen molar-refractivity contribution in [2.24, 2.45) is 0 Å². The van der Waals surface area contributed by atoms with Crippen molar-refractivity contribution in [3.05, 3.63) is 57.8 Å². The maximum absolute atomic E-state index is 14.1. The molecular weight excluding hydrogens is 596 g/mol. The topological polar surface area (TPSA) is 229 Å². The number of rotatable bonds is 7.